The van der Waals surface area contributed by atoms with Gasteiger partial charge in [-0.25, -0.2) is 9.97 Å². The highest BCUT2D eigenvalue weighted by Gasteiger charge is 2.32. The summed E-state index contributed by atoms with van der Waals surface area (Å²) in [5.41, 5.74) is 1.47. The molecule has 0 amide bonds. The van der Waals surface area contributed by atoms with Crippen LogP contribution < -0.4 is 0 Å². The molecule has 0 radical (unpaired) electrons. The average molecular weight is 357 g/mol. The van der Waals surface area contributed by atoms with Crippen molar-refractivity contribution >= 4 is 22.8 Å². The molecule has 0 atom stereocenters. The van der Waals surface area contributed by atoms with Crippen LogP contribution in [0.25, 0.3) is 22.7 Å². The number of imidazole rings is 1. The van der Waals surface area contributed by atoms with Gasteiger partial charge in [0.15, 0.2) is 11.5 Å². The predicted octanol–water partition coefficient (Wildman–Crippen LogP) is 5.04. The lowest BCUT2D eigenvalue weighted by molar-refractivity contribution is -0.137. The summed E-state index contributed by atoms with van der Waals surface area (Å²) in [4.78, 5) is 12.5. The first kappa shape index (κ1) is 18.2. The van der Waals surface area contributed by atoms with Crippen LogP contribution in [0.3, 0.4) is 0 Å². The molecule has 0 saturated carbocycles. The molecule has 0 aliphatic heterocycles. The van der Waals surface area contributed by atoms with Crippen LogP contribution in [0.5, 0.6) is 0 Å². The van der Waals surface area contributed by atoms with Crippen LogP contribution in [-0.4, -0.2) is 19.5 Å². The van der Waals surface area contributed by atoms with Crippen molar-refractivity contribution in [2.45, 2.75) is 26.9 Å². The van der Waals surface area contributed by atoms with E-state index in [-0.39, 0.29) is 10.7 Å². The Labute approximate surface area is 142 Å². The first-order valence-electron chi connectivity index (χ1n) is 7.29. The van der Waals surface area contributed by atoms with Crippen molar-refractivity contribution in [2.24, 2.45) is 7.05 Å². The van der Waals surface area contributed by atoms with E-state index in [1.807, 2.05) is 26.8 Å². The Bertz CT molecular complexity index is 872. The maximum Gasteiger partial charge on any atom is 0.417 e. The minimum atomic E-state index is -4.49. The van der Waals surface area contributed by atoms with Gasteiger partial charge >= 0.3 is 6.18 Å². The number of aryl methyl sites for hydroxylation is 2. The molecule has 3 rings (SSSR count). The molecule has 128 valence electrons. The smallest absolute Gasteiger partial charge is 0.310 e. The van der Waals surface area contributed by atoms with Gasteiger partial charge in [-0.05, 0) is 24.6 Å². The zero-order valence-electron chi connectivity index (χ0n) is 13.6. The van der Waals surface area contributed by atoms with E-state index in [0.29, 0.717) is 17.0 Å². The number of hydrogen-bond donors (Lipinski definition) is 0. The number of pyridine rings is 2. The zero-order chi connectivity index (χ0) is 18.1. The number of rotatable bonds is 1. The molecular formula is C16H16ClF3N4. The third kappa shape index (κ3) is 3.36. The summed E-state index contributed by atoms with van der Waals surface area (Å²) in [5.74, 6) is 0.367. The first-order chi connectivity index (χ1) is 11.3. The lowest BCUT2D eigenvalue weighted by Crippen LogP contribution is -2.06. The molecule has 0 bridgehead atoms. The topological polar surface area (TPSA) is 43.6 Å². The fraction of sp³-hybridized carbons (Fsp3) is 0.312. The molecule has 0 saturated heterocycles. The Morgan fingerprint density at radius 3 is 2.33 bits per heavy atom. The molecule has 0 spiro atoms. The van der Waals surface area contributed by atoms with Crippen LogP contribution in [0.4, 0.5) is 13.2 Å². The van der Waals surface area contributed by atoms with E-state index in [9.17, 15) is 13.2 Å². The highest BCUT2D eigenvalue weighted by molar-refractivity contribution is 6.33. The third-order valence-corrected chi connectivity index (χ3v) is 3.51. The van der Waals surface area contributed by atoms with E-state index >= 15 is 0 Å². The van der Waals surface area contributed by atoms with Gasteiger partial charge in [0.05, 0.1) is 10.6 Å². The highest BCUT2D eigenvalue weighted by atomic mass is 35.5. The monoisotopic (exact) mass is 356 g/mol. The second-order valence-corrected chi connectivity index (χ2v) is 5.31. The Kier molecular flexibility index (Phi) is 5.13. The summed E-state index contributed by atoms with van der Waals surface area (Å²) in [6, 6.07) is 2.69. The molecule has 3 aromatic rings. The lowest BCUT2D eigenvalue weighted by atomic mass is 10.2. The Hall–Kier alpha value is -2.15. The van der Waals surface area contributed by atoms with Gasteiger partial charge in [-0.2, -0.15) is 13.2 Å². The van der Waals surface area contributed by atoms with Gasteiger partial charge in [-0.15, -0.1) is 0 Å². The van der Waals surface area contributed by atoms with E-state index in [2.05, 4.69) is 15.0 Å². The van der Waals surface area contributed by atoms with Gasteiger partial charge in [0.2, 0.25) is 0 Å². The number of alkyl halides is 3. The number of aromatic nitrogens is 4. The fourth-order valence-electron chi connectivity index (χ4n) is 2.15. The normalized spacial score (nSPS) is 11.3. The molecule has 0 aromatic carbocycles. The van der Waals surface area contributed by atoms with E-state index in [1.165, 1.54) is 0 Å². The molecular weight excluding hydrogens is 341 g/mol. The first-order valence-corrected chi connectivity index (χ1v) is 7.67. The van der Waals surface area contributed by atoms with Crippen LogP contribution in [0.2, 0.25) is 5.02 Å². The van der Waals surface area contributed by atoms with Gasteiger partial charge < -0.3 is 4.57 Å². The van der Waals surface area contributed by atoms with Crippen LogP contribution in [0.15, 0.2) is 24.5 Å². The summed E-state index contributed by atoms with van der Waals surface area (Å²) < 4.78 is 39.6. The van der Waals surface area contributed by atoms with Gasteiger partial charge in [0, 0.05) is 19.4 Å². The Morgan fingerprint density at radius 1 is 1.08 bits per heavy atom. The number of fused-ring (bicyclic) bond motifs is 1. The molecule has 0 unspecified atom stereocenters. The van der Waals surface area contributed by atoms with E-state index in [0.717, 1.165) is 17.8 Å². The van der Waals surface area contributed by atoms with Gasteiger partial charge in [-0.1, -0.05) is 25.4 Å². The summed E-state index contributed by atoms with van der Waals surface area (Å²) in [7, 11) is 1.71. The van der Waals surface area contributed by atoms with Crippen LogP contribution in [0, 0.1) is 6.92 Å². The zero-order valence-corrected chi connectivity index (χ0v) is 14.4. The standard InChI is InChI=1S/C14H10ClF3N4.C2H6/c1-7-3-10-12(20-5-7)22(2)13(21-10)11-9(15)4-8(6-19-11)14(16,17)18;1-2/h3-6H,1-2H3;1-2H3. The average Bonchev–Trinajstić information content (AvgIpc) is 2.84. The van der Waals surface area contributed by atoms with Gasteiger partial charge in [-0.3, -0.25) is 4.98 Å². The van der Waals surface area contributed by atoms with E-state index in [1.54, 1.807) is 17.8 Å². The van der Waals surface area contributed by atoms with E-state index < -0.39 is 11.7 Å². The quantitative estimate of drug-likeness (QED) is 0.613. The van der Waals surface area contributed by atoms with E-state index in [4.69, 9.17) is 11.6 Å². The van der Waals surface area contributed by atoms with Crippen molar-refractivity contribution < 1.29 is 13.2 Å². The minimum absolute atomic E-state index is 0.107. The predicted molar refractivity (Wildman–Crippen MR) is 87.8 cm³/mol. The molecule has 0 N–H and O–H groups in total. The second kappa shape index (κ2) is 6.76. The molecule has 3 heterocycles. The Balaban J connectivity index is 0.00000100. The summed E-state index contributed by atoms with van der Waals surface area (Å²) in [6.45, 7) is 5.88. The van der Waals surface area contributed by atoms with Crippen LogP contribution >= 0.6 is 11.6 Å². The molecule has 8 heteroatoms. The fourth-order valence-corrected chi connectivity index (χ4v) is 2.40. The molecule has 3 aromatic heterocycles. The van der Waals surface area contributed by atoms with Crippen molar-refractivity contribution in [3.05, 3.63) is 40.7 Å². The van der Waals surface area contributed by atoms with Crippen molar-refractivity contribution in [1.82, 2.24) is 19.5 Å². The maximum atomic E-state index is 12.7. The third-order valence-electron chi connectivity index (χ3n) is 3.23. The van der Waals surface area contributed by atoms with Crippen molar-refractivity contribution in [1.29, 1.82) is 0 Å². The summed E-state index contributed by atoms with van der Waals surface area (Å²) >= 11 is 5.96. The number of halogens is 4. The molecule has 24 heavy (non-hydrogen) atoms. The number of nitrogens with zero attached hydrogens (tertiary/aromatic N) is 4. The lowest BCUT2D eigenvalue weighted by Gasteiger charge is -2.09. The van der Waals surface area contributed by atoms with Crippen molar-refractivity contribution in [3.8, 4) is 11.5 Å². The van der Waals surface area contributed by atoms with Crippen molar-refractivity contribution in [2.75, 3.05) is 0 Å². The largest absolute Gasteiger partial charge is 0.417 e. The van der Waals surface area contributed by atoms with Gasteiger partial charge in [0.1, 0.15) is 11.2 Å². The summed E-state index contributed by atoms with van der Waals surface area (Å²) in [5, 5.41) is -0.107. The van der Waals surface area contributed by atoms with Crippen molar-refractivity contribution in [3.63, 3.8) is 0 Å². The SMILES string of the molecule is CC.Cc1cnc2c(c1)nc(-c1ncc(C(F)(F)F)cc1Cl)n2C. The van der Waals surface area contributed by atoms with Gasteiger partial charge in [0.25, 0.3) is 0 Å². The molecule has 0 aliphatic carbocycles. The minimum Gasteiger partial charge on any atom is -0.310 e. The number of hydrogen-bond acceptors (Lipinski definition) is 3. The molecule has 0 fully saturated rings. The van der Waals surface area contributed by atoms with Crippen LogP contribution in [0.1, 0.15) is 25.0 Å². The molecule has 4 nitrogen and oxygen atoms in total. The summed E-state index contributed by atoms with van der Waals surface area (Å²) in [6.07, 6.45) is -2.05. The second-order valence-electron chi connectivity index (χ2n) is 4.90. The molecule has 0 aliphatic rings. The highest BCUT2D eigenvalue weighted by Crippen LogP contribution is 2.34. The maximum absolute atomic E-state index is 12.7. The Morgan fingerprint density at radius 2 is 1.75 bits per heavy atom. The van der Waals surface area contributed by atoms with Crippen LogP contribution in [-0.2, 0) is 13.2 Å².